The van der Waals surface area contributed by atoms with Crippen molar-refractivity contribution in [1.82, 2.24) is 20.3 Å². The Morgan fingerprint density at radius 2 is 2.05 bits per heavy atom. The lowest BCUT2D eigenvalue weighted by Gasteiger charge is -2.03. The van der Waals surface area contributed by atoms with E-state index in [1.807, 2.05) is 0 Å². The zero-order chi connectivity index (χ0) is 15.4. The van der Waals surface area contributed by atoms with Gasteiger partial charge in [0.05, 0.1) is 12.7 Å². The summed E-state index contributed by atoms with van der Waals surface area (Å²) in [6.07, 6.45) is 1.36. The summed E-state index contributed by atoms with van der Waals surface area (Å²) in [5.74, 6) is -3.84. The maximum Gasteiger partial charge on any atom is 0.325 e. The Labute approximate surface area is 117 Å². The van der Waals surface area contributed by atoms with Crippen LogP contribution in [-0.4, -0.2) is 32.0 Å². The summed E-state index contributed by atoms with van der Waals surface area (Å²) in [6, 6.07) is 2.79. The number of carboxylic acid groups (broad SMARTS) is 1. The van der Waals surface area contributed by atoms with Gasteiger partial charge in [-0.25, -0.2) is 13.5 Å². The number of carbonyl (C=O) groups is 2. The van der Waals surface area contributed by atoms with Gasteiger partial charge in [-0.1, -0.05) is 5.21 Å². The van der Waals surface area contributed by atoms with Crippen LogP contribution in [0.3, 0.4) is 0 Å². The molecule has 0 unspecified atom stereocenters. The lowest BCUT2D eigenvalue weighted by molar-refractivity contribution is -0.137. The first-order valence-corrected chi connectivity index (χ1v) is 5.80. The third kappa shape index (κ3) is 3.81. The molecule has 0 radical (unpaired) electrons. The number of aromatic nitrogens is 3. The van der Waals surface area contributed by atoms with Crippen LogP contribution >= 0.6 is 0 Å². The zero-order valence-corrected chi connectivity index (χ0v) is 10.6. The van der Waals surface area contributed by atoms with Crippen molar-refractivity contribution in [3.05, 3.63) is 47.3 Å². The summed E-state index contributed by atoms with van der Waals surface area (Å²) in [4.78, 5) is 22.2. The number of nitrogens with zero attached hydrogens (tertiary/aromatic N) is 3. The molecule has 7 nitrogen and oxygen atoms in total. The number of benzene rings is 1. The topological polar surface area (TPSA) is 97.1 Å². The Bertz CT molecular complexity index is 687. The molecule has 0 fully saturated rings. The van der Waals surface area contributed by atoms with E-state index in [0.717, 1.165) is 22.9 Å². The molecule has 110 valence electrons. The molecular weight excluding hydrogens is 286 g/mol. The van der Waals surface area contributed by atoms with Gasteiger partial charge in [0.2, 0.25) is 0 Å². The molecule has 2 N–H and O–H groups in total. The maximum absolute atomic E-state index is 13.0. The standard InChI is InChI=1S/C12H10F2N4O3/c13-9-2-1-7(3-10(9)14)12(21)15-4-8-5-18(17-16-8)6-11(19)20/h1-3,5H,4,6H2,(H,15,21)(H,19,20). The zero-order valence-electron chi connectivity index (χ0n) is 10.6. The second-order valence-corrected chi connectivity index (χ2v) is 4.11. The number of rotatable bonds is 5. The Morgan fingerprint density at radius 1 is 1.29 bits per heavy atom. The molecule has 1 aromatic heterocycles. The highest BCUT2D eigenvalue weighted by atomic mass is 19.2. The van der Waals surface area contributed by atoms with E-state index in [4.69, 9.17) is 5.11 Å². The highest BCUT2D eigenvalue weighted by Gasteiger charge is 2.10. The summed E-state index contributed by atoms with van der Waals surface area (Å²) in [6.45, 7) is -0.360. The number of hydrogen-bond acceptors (Lipinski definition) is 4. The Kier molecular flexibility index (Phi) is 4.21. The minimum Gasteiger partial charge on any atom is -0.480 e. The Morgan fingerprint density at radius 3 is 2.71 bits per heavy atom. The average molecular weight is 296 g/mol. The Hall–Kier alpha value is -2.84. The van der Waals surface area contributed by atoms with Crippen molar-refractivity contribution in [2.75, 3.05) is 0 Å². The van der Waals surface area contributed by atoms with Crippen LogP contribution in [0.1, 0.15) is 16.1 Å². The molecule has 2 aromatic rings. The van der Waals surface area contributed by atoms with Crippen LogP contribution < -0.4 is 5.32 Å². The van der Waals surface area contributed by atoms with Crippen molar-refractivity contribution in [3.63, 3.8) is 0 Å². The van der Waals surface area contributed by atoms with E-state index in [1.165, 1.54) is 6.20 Å². The van der Waals surface area contributed by atoms with E-state index in [1.54, 1.807) is 0 Å². The van der Waals surface area contributed by atoms with Crippen LogP contribution in [0, 0.1) is 11.6 Å². The number of nitrogens with one attached hydrogen (secondary N) is 1. The van der Waals surface area contributed by atoms with Gasteiger partial charge < -0.3 is 10.4 Å². The van der Waals surface area contributed by atoms with Crippen LogP contribution in [0.5, 0.6) is 0 Å². The summed E-state index contributed by atoms with van der Waals surface area (Å²) >= 11 is 0. The summed E-state index contributed by atoms with van der Waals surface area (Å²) in [7, 11) is 0. The van der Waals surface area contributed by atoms with E-state index in [0.29, 0.717) is 5.69 Å². The number of carboxylic acids is 1. The van der Waals surface area contributed by atoms with E-state index in [2.05, 4.69) is 15.6 Å². The van der Waals surface area contributed by atoms with Gasteiger partial charge in [-0.3, -0.25) is 9.59 Å². The molecule has 1 aromatic carbocycles. The molecule has 0 aliphatic carbocycles. The number of aliphatic carboxylic acids is 1. The van der Waals surface area contributed by atoms with Gasteiger partial charge in [-0.2, -0.15) is 0 Å². The molecule has 1 amide bonds. The summed E-state index contributed by atoms with van der Waals surface area (Å²) in [5, 5.41) is 18.2. The molecule has 0 aliphatic rings. The van der Waals surface area contributed by atoms with Crippen molar-refractivity contribution in [3.8, 4) is 0 Å². The number of carbonyl (C=O) groups excluding carboxylic acids is 1. The first kappa shape index (κ1) is 14.6. The number of amides is 1. The van der Waals surface area contributed by atoms with Crippen molar-refractivity contribution in [1.29, 1.82) is 0 Å². The highest BCUT2D eigenvalue weighted by Crippen LogP contribution is 2.08. The monoisotopic (exact) mass is 296 g/mol. The summed E-state index contributed by atoms with van der Waals surface area (Å²) in [5.41, 5.74) is 0.305. The predicted molar refractivity (Wildman–Crippen MR) is 65.2 cm³/mol. The van der Waals surface area contributed by atoms with E-state index in [9.17, 15) is 18.4 Å². The molecule has 9 heteroatoms. The first-order valence-electron chi connectivity index (χ1n) is 5.80. The van der Waals surface area contributed by atoms with E-state index in [-0.39, 0.29) is 18.7 Å². The molecule has 21 heavy (non-hydrogen) atoms. The molecule has 0 saturated heterocycles. The second kappa shape index (κ2) is 6.07. The molecule has 0 bridgehead atoms. The van der Waals surface area contributed by atoms with Crippen molar-refractivity contribution < 1.29 is 23.5 Å². The van der Waals surface area contributed by atoms with Gasteiger partial charge in [0, 0.05) is 5.56 Å². The van der Waals surface area contributed by atoms with Crippen LogP contribution in [0.4, 0.5) is 8.78 Å². The van der Waals surface area contributed by atoms with Gasteiger partial charge in [0.15, 0.2) is 11.6 Å². The molecular formula is C12H10F2N4O3. The lowest BCUT2D eigenvalue weighted by atomic mass is 10.2. The Balaban J connectivity index is 1.95. The number of halogens is 2. The van der Waals surface area contributed by atoms with E-state index < -0.39 is 23.5 Å². The summed E-state index contributed by atoms with van der Waals surface area (Å²) < 4.78 is 26.8. The van der Waals surface area contributed by atoms with Gasteiger partial charge in [0.25, 0.3) is 5.91 Å². The molecule has 2 rings (SSSR count). The highest BCUT2D eigenvalue weighted by molar-refractivity contribution is 5.94. The lowest BCUT2D eigenvalue weighted by Crippen LogP contribution is -2.23. The van der Waals surface area contributed by atoms with Crippen LogP contribution in [0.15, 0.2) is 24.4 Å². The fourth-order valence-corrected chi connectivity index (χ4v) is 1.55. The fourth-order valence-electron chi connectivity index (χ4n) is 1.55. The third-order valence-electron chi connectivity index (χ3n) is 2.50. The smallest absolute Gasteiger partial charge is 0.325 e. The van der Waals surface area contributed by atoms with Crippen molar-refractivity contribution in [2.45, 2.75) is 13.1 Å². The van der Waals surface area contributed by atoms with Gasteiger partial charge in [-0.15, -0.1) is 5.10 Å². The van der Waals surface area contributed by atoms with Crippen LogP contribution in [0.2, 0.25) is 0 Å². The van der Waals surface area contributed by atoms with Gasteiger partial charge >= 0.3 is 5.97 Å². The number of hydrogen-bond donors (Lipinski definition) is 2. The van der Waals surface area contributed by atoms with Gasteiger partial charge in [0.1, 0.15) is 12.2 Å². The fraction of sp³-hybridized carbons (Fsp3) is 0.167. The minimum absolute atomic E-state index is 0.0164. The second-order valence-electron chi connectivity index (χ2n) is 4.11. The van der Waals surface area contributed by atoms with Crippen LogP contribution in [0.25, 0.3) is 0 Å². The van der Waals surface area contributed by atoms with E-state index >= 15 is 0 Å². The average Bonchev–Trinajstić information content (AvgIpc) is 2.86. The molecule has 0 atom stereocenters. The largest absolute Gasteiger partial charge is 0.480 e. The molecule has 0 aliphatic heterocycles. The van der Waals surface area contributed by atoms with Gasteiger partial charge in [-0.05, 0) is 18.2 Å². The molecule has 0 saturated carbocycles. The van der Waals surface area contributed by atoms with Crippen molar-refractivity contribution >= 4 is 11.9 Å². The normalized spacial score (nSPS) is 10.4. The SMILES string of the molecule is O=C(O)Cn1cc(CNC(=O)c2ccc(F)c(F)c2)nn1. The van der Waals surface area contributed by atoms with Crippen LogP contribution in [-0.2, 0) is 17.9 Å². The predicted octanol–water partition coefficient (Wildman–Crippen LogP) is 0.571. The van der Waals surface area contributed by atoms with Crippen molar-refractivity contribution in [2.24, 2.45) is 0 Å². The maximum atomic E-state index is 13.0. The molecule has 1 heterocycles. The quantitative estimate of drug-likeness (QED) is 0.840. The first-order chi connectivity index (χ1) is 9.95. The third-order valence-corrected chi connectivity index (χ3v) is 2.50. The molecule has 0 spiro atoms. The minimum atomic E-state index is -1.12.